The lowest BCUT2D eigenvalue weighted by Crippen LogP contribution is -2.41. The molecule has 0 unspecified atom stereocenters. The summed E-state index contributed by atoms with van der Waals surface area (Å²) in [7, 11) is 0. The first-order valence-corrected chi connectivity index (χ1v) is 10.6. The molecule has 0 bridgehead atoms. The largest absolute Gasteiger partial charge is 0.448 e. The first-order valence-electron chi connectivity index (χ1n) is 8.27. The summed E-state index contributed by atoms with van der Waals surface area (Å²) in [5.74, 6) is 0.556. The molecule has 2 aromatic rings. The van der Waals surface area contributed by atoms with Crippen LogP contribution in [0, 0.1) is 6.92 Å². The molecular formula is C17H20BrCl2N5O2S. The Hall–Kier alpha value is -1.29. The van der Waals surface area contributed by atoms with Crippen LogP contribution in [-0.4, -0.2) is 39.7 Å². The zero-order valence-corrected chi connectivity index (χ0v) is 19.7. The summed E-state index contributed by atoms with van der Waals surface area (Å²) in [6.07, 6.45) is 1.12. The number of aryl methyl sites for hydroxylation is 1. The molecule has 2 heterocycles. The van der Waals surface area contributed by atoms with Gasteiger partial charge in [0, 0.05) is 16.6 Å². The topological polar surface area (TPSA) is 89.0 Å². The number of pyridine rings is 1. The lowest BCUT2D eigenvalue weighted by atomic mass is 10.1. The molecule has 0 saturated heterocycles. The average Bonchev–Trinajstić information content (AvgIpc) is 2.58. The number of nitrogens with zero attached hydrogens (tertiary/aromatic N) is 3. The van der Waals surface area contributed by atoms with E-state index in [0.29, 0.717) is 32.7 Å². The second-order valence-corrected chi connectivity index (χ2v) is 9.22. The monoisotopic (exact) mass is 507 g/mol. The summed E-state index contributed by atoms with van der Waals surface area (Å²) in [4.78, 5) is 25.3. The van der Waals surface area contributed by atoms with Crippen molar-refractivity contribution in [3.8, 4) is 0 Å². The third-order valence-corrected chi connectivity index (χ3v) is 5.68. The van der Waals surface area contributed by atoms with Crippen LogP contribution in [0.15, 0.2) is 26.8 Å². The van der Waals surface area contributed by atoms with E-state index in [4.69, 9.17) is 27.9 Å². The molecule has 0 aromatic carbocycles. The summed E-state index contributed by atoms with van der Waals surface area (Å²) in [5, 5.41) is 7.11. The molecule has 1 amide bonds. The molecule has 0 atom stereocenters. The minimum atomic E-state index is -0.463. The Morgan fingerprint density at radius 1 is 1.32 bits per heavy atom. The summed E-state index contributed by atoms with van der Waals surface area (Å²) in [6.45, 7) is 8.08. The van der Waals surface area contributed by atoms with E-state index in [1.165, 1.54) is 11.8 Å². The van der Waals surface area contributed by atoms with Gasteiger partial charge in [0.05, 0.1) is 17.3 Å². The number of alkyl carbamates (subject to hydrolysis) is 1. The number of hydrogen-bond donors (Lipinski definition) is 2. The van der Waals surface area contributed by atoms with Crippen molar-refractivity contribution < 1.29 is 9.53 Å². The Kier molecular flexibility index (Phi) is 8.18. The standard InChI is InChI=1S/C17H20BrCl2N5O2S/c1-9-15(28-10-5-6-21-13(20)11(10)19)24-12(18)14(23-9)22-7-8-27-16(26)25-17(2,3)4/h5-6H,7-8H2,1-4H3,(H,22,23)(H,25,26). The van der Waals surface area contributed by atoms with E-state index < -0.39 is 6.09 Å². The van der Waals surface area contributed by atoms with Gasteiger partial charge in [-0.3, -0.25) is 0 Å². The van der Waals surface area contributed by atoms with E-state index in [-0.39, 0.29) is 17.3 Å². The lowest BCUT2D eigenvalue weighted by Gasteiger charge is -2.20. The van der Waals surface area contributed by atoms with Crippen LogP contribution in [0.25, 0.3) is 0 Å². The van der Waals surface area contributed by atoms with Crippen molar-refractivity contribution in [2.24, 2.45) is 0 Å². The van der Waals surface area contributed by atoms with Crippen molar-refractivity contribution in [1.82, 2.24) is 20.3 Å². The number of rotatable bonds is 6. The van der Waals surface area contributed by atoms with Crippen LogP contribution in [-0.2, 0) is 4.74 Å². The third-order valence-electron chi connectivity index (χ3n) is 3.11. The van der Waals surface area contributed by atoms with Crippen molar-refractivity contribution in [2.75, 3.05) is 18.5 Å². The smallest absolute Gasteiger partial charge is 0.407 e. The zero-order valence-electron chi connectivity index (χ0n) is 15.8. The lowest BCUT2D eigenvalue weighted by molar-refractivity contribution is 0.141. The van der Waals surface area contributed by atoms with Crippen molar-refractivity contribution in [2.45, 2.75) is 43.2 Å². The molecule has 11 heteroatoms. The molecule has 28 heavy (non-hydrogen) atoms. The van der Waals surface area contributed by atoms with Gasteiger partial charge in [0.25, 0.3) is 0 Å². The molecule has 0 aliphatic heterocycles. The minimum Gasteiger partial charge on any atom is -0.448 e. The van der Waals surface area contributed by atoms with Gasteiger partial charge in [-0.1, -0.05) is 35.0 Å². The van der Waals surface area contributed by atoms with E-state index in [2.05, 4.69) is 41.5 Å². The molecule has 0 spiro atoms. The van der Waals surface area contributed by atoms with Crippen LogP contribution < -0.4 is 10.6 Å². The first kappa shape index (κ1) is 23.0. The van der Waals surface area contributed by atoms with E-state index in [0.717, 1.165) is 4.90 Å². The number of carbonyl (C=O) groups is 1. The van der Waals surface area contributed by atoms with Crippen molar-refractivity contribution >= 4 is 62.8 Å². The van der Waals surface area contributed by atoms with Crippen LogP contribution in [0.4, 0.5) is 10.6 Å². The highest BCUT2D eigenvalue weighted by Gasteiger charge is 2.15. The van der Waals surface area contributed by atoms with Crippen molar-refractivity contribution in [1.29, 1.82) is 0 Å². The number of nitrogens with one attached hydrogen (secondary N) is 2. The van der Waals surface area contributed by atoms with Gasteiger partial charge in [-0.25, -0.2) is 19.7 Å². The fourth-order valence-electron chi connectivity index (χ4n) is 1.93. The Morgan fingerprint density at radius 3 is 2.71 bits per heavy atom. The van der Waals surface area contributed by atoms with Gasteiger partial charge in [0.15, 0.2) is 5.82 Å². The molecule has 0 aliphatic rings. The molecule has 0 radical (unpaired) electrons. The second-order valence-electron chi connectivity index (χ2n) is 6.71. The molecule has 2 N–H and O–H groups in total. The molecule has 0 fully saturated rings. The summed E-state index contributed by atoms with van der Waals surface area (Å²) < 4.78 is 5.66. The molecule has 152 valence electrons. The fraction of sp³-hybridized carbons (Fsp3) is 0.412. The summed E-state index contributed by atoms with van der Waals surface area (Å²) in [5.41, 5.74) is 0.372. The van der Waals surface area contributed by atoms with Gasteiger partial charge in [-0.05, 0) is 49.7 Å². The van der Waals surface area contributed by atoms with Gasteiger partial charge in [0.2, 0.25) is 0 Å². The number of amides is 1. The molecule has 7 nitrogen and oxygen atoms in total. The van der Waals surface area contributed by atoms with Gasteiger partial charge in [-0.2, -0.15) is 0 Å². The Balaban J connectivity index is 1.96. The summed E-state index contributed by atoms with van der Waals surface area (Å²) in [6, 6.07) is 1.76. The van der Waals surface area contributed by atoms with Crippen LogP contribution in [0.5, 0.6) is 0 Å². The van der Waals surface area contributed by atoms with Crippen LogP contribution in [0.3, 0.4) is 0 Å². The summed E-state index contributed by atoms with van der Waals surface area (Å²) >= 11 is 16.9. The number of aromatic nitrogens is 3. The highest BCUT2D eigenvalue weighted by molar-refractivity contribution is 9.10. The first-order chi connectivity index (χ1) is 13.1. The van der Waals surface area contributed by atoms with E-state index in [1.54, 1.807) is 12.3 Å². The molecule has 2 aromatic heterocycles. The molecule has 0 aliphatic carbocycles. The van der Waals surface area contributed by atoms with E-state index >= 15 is 0 Å². The van der Waals surface area contributed by atoms with Crippen LogP contribution >= 0.6 is 50.9 Å². The Morgan fingerprint density at radius 2 is 2.04 bits per heavy atom. The number of hydrogen-bond acceptors (Lipinski definition) is 7. The third kappa shape index (κ3) is 6.95. The van der Waals surface area contributed by atoms with Crippen LogP contribution in [0.2, 0.25) is 10.2 Å². The average molecular weight is 509 g/mol. The fourth-order valence-corrected chi connectivity index (χ4v) is 3.75. The number of ether oxygens (including phenoxy) is 1. The Labute approximate surface area is 186 Å². The predicted octanol–water partition coefficient (Wildman–Crippen LogP) is 5.34. The van der Waals surface area contributed by atoms with Crippen LogP contribution in [0.1, 0.15) is 26.5 Å². The van der Waals surface area contributed by atoms with Gasteiger partial charge >= 0.3 is 6.09 Å². The number of halogens is 3. The maximum atomic E-state index is 11.6. The Bertz CT molecular complexity index is 864. The SMILES string of the molecule is Cc1nc(NCCOC(=O)NC(C)(C)C)c(Br)nc1Sc1ccnc(Cl)c1Cl. The van der Waals surface area contributed by atoms with Gasteiger partial charge in [0.1, 0.15) is 21.4 Å². The maximum Gasteiger partial charge on any atom is 0.407 e. The quantitative estimate of drug-likeness (QED) is 0.402. The normalized spacial score (nSPS) is 11.2. The minimum absolute atomic E-state index is 0.191. The zero-order chi connectivity index (χ0) is 20.9. The number of carbonyl (C=O) groups excluding carboxylic acids is 1. The van der Waals surface area contributed by atoms with E-state index in [1.807, 2.05) is 27.7 Å². The van der Waals surface area contributed by atoms with E-state index in [9.17, 15) is 4.79 Å². The predicted molar refractivity (Wildman–Crippen MR) is 116 cm³/mol. The maximum absolute atomic E-state index is 11.6. The second kappa shape index (κ2) is 9.96. The van der Waals surface area contributed by atoms with Crippen molar-refractivity contribution in [3.05, 3.63) is 32.7 Å². The molecular weight excluding hydrogens is 489 g/mol. The number of anilines is 1. The van der Waals surface area contributed by atoms with Crippen molar-refractivity contribution in [3.63, 3.8) is 0 Å². The van der Waals surface area contributed by atoms with Gasteiger partial charge < -0.3 is 15.4 Å². The highest BCUT2D eigenvalue weighted by atomic mass is 79.9. The van der Waals surface area contributed by atoms with Gasteiger partial charge in [-0.15, -0.1) is 0 Å². The molecule has 0 saturated carbocycles. The molecule has 2 rings (SSSR count). The highest BCUT2D eigenvalue weighted by Crippen LogP contribution is 2.37.